The van der Waals surface area contributed by atoms with Crippen LogP contribution >= 0.6 is 11.6 Å². The molecule has 0 aliphatic heterocycles. The highest BCUT2D eigenvalue weighted by atomic mass is 35.5. The van der Waals surface area contributed by atoms with Crippen LogP contribution in [0.1, 0.15) is 11.1 Å². The molecular weight excluding hydrogens is 404 g/mol. The first-order valence-corrected chi connectivity index (χ1v) is 9.87. The topological polar surface area (TPSA) is 128 Å². The summed E-state index contributed by atoms with van der Waals surface area (Å²) in [4.78, 5) is 12.1. The molecule has 0 spiro atoms. The molecule has 8 nitrogen and oxygen atoms in total. The number of hydrogen-bond acceptors (Lipinski definition) is 6. The average Bonchev–Trinajstić information content (AvgIpc) is 3.07. The molecule has 0 unspecified atom stereocenters. The predicted molar refractivity (Wildman–Crippen MR) is 105 cm³/mol. The third-order valence-corrected chi connectivity index (χ3v) is 4.93. The molecule has 0 bridgehead atoms. The highest BCUT2D eigenvalue weighted by Crippen LogP contribution is 2.29. The molecular formula is C18H15ClN4O4S. The number of hydrogen-bond donors (Lipinski definition) is 2. The summed E-state index contributed by atoms with van der Waals surface area (Å²) in [6, 6.07) is 11.4. The predicted octanol–water partition coefficient (Wildman–Crippen LogP) is 2.86. The lowest BCUT2D eigenvalue weighted by Crippen LogP contribution is -2.17. The fraction of sp³-hybridized carbons (Fsp3) is 0.0556. The van der Waals surface area contributed by atoms with Gasteiger partial charge in [0.05, 0.1) is 16.9 Å². The van der Waals surface area contributed by atoms with E-state index in [0.717, 1.165) is 11.1 Å². The van der Waals surface area contributed by atoms with Gasteiger partial charge in [0.2, 0.25) is 21.8 Å². The number of primary sulfonamides is 1. The van der Waals surface area contributed by atoms with Crippen molar-refractivity contribution in [3.8, 4) is 11.5 Å². The quantitative estimate of drug-likeness (QED) is 0.633. The SMILES string of the molecule is C=Cc1ccccc1CC(=O)Nc1ccc(-c2nnc(Cl)o2)c(S(N)(=O)=O)c1. The molecule has 1 heterocycles. The monoisotopic (exact) mass is 418 g/mol. The number of carbonyl (C=O) groups is 1. The standard InChI is InChI=1S/C18H15ClN4O4S/c1-2-11-5-3-4-6-12(11)9-16(24)21-13-7-8-14(15(10-13)28(20,25)26)17-22-23-18(19)27-17/h2-8,10H,1,9H2,(H,21,24)(H2,20,25,26). The molecule has 1 amide bonds. The van der Waals surface area contributed by atoms with Crippen molar-refractivity contribution in [2.75, 3.05) is 5.32 Å². The highest BCUT2D eigenvalue weighted by molar-refractivity contribution is 7.89. The number of nitrogens with zero attached hydrogens (tertiary/aromatic N) is 2. The molecule has 10 heteroatoms. The first-order valence-electron chi connectivity index (χ1n) is 7.94. The van der Waals surface area contributed by atoms with Crippen molar-refractivity contribution >= 4 is 39.3 Å². The smallest absolute Gasteiger partial charge is 0.313 e. The number of nitrogens with one attached hydrogen (secondary N) is 1. The van der Waals surface area contributed by atoms with Crippen molar-refractivity contribution in [2.45, 2.75) is 11.3 Å². The molecule has 1 aromatic heterocycles. The van der Waals surface area contributed by atoms with E-state index in [2.05, 4.69) is 22.1 Å². The van der Waals surface area contributed by atoms with Crippen LogP contribution in [-0.2, 0) is 21.2 Å². The van der Waals surface area contributed by atoms with Gasteiger partial charge in [0, 0.05) is 5.69 Å². The van der Waals surface area contributed by atoms with E-state index in [-0.39, 0.29) is 39.7 Å². The van der Waals surface area contributed by atoms with Gasteiger partial charge in [-0.2, -0.15) is 0 Å². The van der Waals surface area contributed by atoms with Gasteiger partial charge in [-0.05, 0) is 40.9 Å². The zero-order chi connectivity index (χ0) is 20.3. The van der Waals surface area contributed by atoms with Gasteiger partial charge in [-0.3, -0.25) is 4.79 Å². The number of nitrogens with two attached hydrogens (primary N) is 1. The Hall–Kier alpha value is -3.01. The largest absolute Gasteiger partial charge is 0.407 e. The van der Waals surface area contributed by atoms with Crippen molar-refractivity contribution in [3.63, 3.8) is 0 Å². The minimum Gasteiger partial charge on any atom is -0.407 e. The van der Waals surface area contributed by atoms with Crippen LogP contribution in [0.3, 0.4) is 0 Å². The molecule has 0 saturated heterocycles. The summed E-state index contributed by atoms with van der Waals surface area (Å²) in [5.74, 6) is -0.435. The second-order valence-electron chi connectivity index (χ2n) is 5.74. The van der Waals surface area contributed by atoms with E-state index in [4.69, 9.17) is 21.2 Å². The molecule has 0 aliphatic carbocycles. The Labute approximate surface area is 166 Å². The second-order valence-corrected chi connectivity index (χ2v) is 7.60. The number of sulfonamides is 1. The summed E-state index contributed by atoms with van der Waals surface area (Å²) >= 11 is 5.59. The highest BCUT2D eigenvalue weighted by Gasteiger charge is 2.21. The van der Waals surface area contributed by atoms with E-state index < -0.39 is 10.0 Å². The molecule has 3 aromatic rings. The van der Waals surface area contributed by atoms with Crippen LogP contribution in [0.4, 0.5) is 5.69 Å². The van der Waals surface area contributed by atoms with E-state index in [1.165, 1.54) is 18.2 Å². The second kappa shape index (κ2) is 7.93. The summed E-state index contributed by atoms with van der Waals surface area (Å²) in [5.41, 5.74) is 1.96. The third kappa shape index (κ3) is 4.45. The van der Waals surface area contributed by atoms with Gasteiger partial charge >= 0.3 is 5.35 Å². The zero-order valence-electron chi connectivity index (χ0n) is 14.4. The van der Waals surface area contributed by atoms with Gasteiger partial charge in [0.1, 0.15) is 0 Å². The fourth-order valence-electron chi connectivity index (χ4n) is 2.60. The minimum atomic E-state index is -4.14. The van der Waals surface area contributed by atoms with Gasteiger partial charge in [0.15, 0.2) is 0 Å². The number of halogens is 1. The summed E-state index contributed by atoms with van der Waals surface area (Å²) < 4.78 is 29.0. The Balaban J connectivity index is 1.89. The van der Waals surface area contributed by atoms with Crippen molar-refractivity contribution in [1.29, 1.82) is 0 Å². The fourth-order valence-corrected chi connectivity index (χ4v) is 3.46. The Morgan fingerprint density at radius 3 is 2.64 bits per heavy atom. The summed E-state index contributed by atoms with van der Waals surface area (Å²) in [5, 5.41) is 14.8. The number of rotatable bonds is 6. The van der Waals surface area contributed by atoms with E-state index in [0.29, 0.717) is 0 Å². The van der Waals surface area contributed by atoms with Crippen LogP contribution in [0.15, 0.2) is 58.4 Å². The molecule has 2 aromatic carbocycles. The molecule has 144 valence electrons. The first kappa shape index (κ1) is 19.7. The van der Waals surface area contributed by atoms with Gasteiger partial charge in [0.25, 0.3) is 0 Å². The number of benzene rings is 2. The number of carbonyl (C=O) groups excluding carboxylic acids is 1. The normalized spacial score (nSPS) is 11.2. The van der Waals surface area contributed by atoms with Crippen LogP contribution in [-0.4, -0.2) is 24.5 Å². The maximum absolute atomic E-state index is 12.4. The average molecular weight is 419 g/mol. The molecule has 3 N–H and O–H groups in total. The first-order chi connectivity index (χ1) is 13.3. The van der Waals surface area contributed by atoms with Crippen LogP contribution in [0, 0.1) is 0 Å². The molecule has 0 atom stereocenters. The van der Waals surface area contributed by atoms with E-state index in [1.807, 2.05) is 24.3 Å². The van der Waals surface area contributed by atoms with E-state index >= 15 is 0 Å². The van der Waals surface area contributed by atoms with Gasteiger partial charge in [-0.25, -0.2) is 13.6 Å². The molecule has 0 radical (unpaired) electrons. The van der Waals surface area contributed by atoms with Crippen molar-refractivity contribution in [3.05, 3.63) is 65.5 Å². The van der Waals surface area contributed by atoms with Crippen LogP contribution in [0.2, 0.25) is 5.35 Å². The molecule has 0 fully saturated rings. The Kier molecular flexibility index (Phi) is 5.59. The number of anilines is 1. The molecule has 28 heavy (non-hydrogen) atoms. The lowest BCUT2D eigenvalue weighted by atomic mass is 10.0. The van der Waals surface area contributed by atoms with Crippen LogP contribution < -0.4 is 10.5 Å². The van der Waals surface area contributed by atoms with E-state index in [1.54, 1.807) is 6.08 Å². The Morgan fingerprint density at radius 2 is 2.00 bits per heavy atom. The number of aromatic nitrogens is 2. The van der Waals surface area contributed by atoms with Gasteiger partial charge < -0.3 is 9.73 Å². The summed E-state index contributed by atoms with van der Waals surface area (Å²) in [6.07, 6.45) is 1.75. The van der Waals surface area contributed by atoms with Crippen molar-refractivity contribution in [2.24, 2.45) is 5.14 Å². The van der Waals surface area contributed by atoms with E-state index in [9.17, 15) is 13.2 Å². The maximum Gasteiger partial charge on any atom is 0.313 e. The van der Waals surface area contributed by atoms with Crippen molar-refractivity contribution < 1.29 is 17.6 Å². The number of amides is 1. The maximum atomic E-state index is 12.4. The Morgan fingerprint density at radius 1 is 1.25 bits per heavy atom. The Bertz CT molecular complexity index is 1160. The molecule has 0 aliphatic rings. The van der Waals surface area contributed by atoms with Crippen LogP contribution in [0.5, 0.6) is 0 Å². The molecule has 3 rings (SSSR count). The molecule has 0 saturated carbocycles. The van der Waals surface area contributed by atoms with Crippen LogP contribution in [0.25, 0.3) is 17.5 Å². The van der Waals surface area contributed by atoms with Crippen molar-refractivity contribution in [1.82, 2.24) is 10.2 Å². The summed E-state index contributed by atoms with van der Waals surface area (Å²) in [7, 11) is -4.14. The lowest BCUT2D eigenvalue weighted by molar-refractivity contribution is -0.115. The summed E-state index contributed by atoms with van der Waals surface area (Å²) in [6.45, 7) is 3.72. The zero-order valence-corrected chi connectivity index (χ0v) is 16.0. The van der Waals surface area contributed by atoms with Gasteiger partial charge in [-0.1, -0.05) is 42.0 Å². The van der Waals surface area contributed by atoms with Gasteiger partial charge in [-0.15, -0.1) is 5.10 Å². The lowest BCUT2D eigenvalue weighted by Gasteiger charge is -2.10. The minimum absolute atomic E-state index is 0.0805. The third-order valence-electron chi connectivity index (χ3n) is 3.83.